The Morgan fingerprint density at radius 2 is 1.75 bits per heavy atom. The van der Waals surface area contributed by atoms with Crippen molar-refractivity contribution in [3.8, 4) is 0 Å². The predicted molar refractivity (Wildman–Crippen MR) is 108 cm³/mol. The number of hydrogen-bond donors (Lipinski definition) is 1. The number of nitrogens with one attached hydrogen (secondary N) is 1. The van der Waals surface area contributed by atoms with Crippen LogP contribution in [0.3, 0.4) is 0 Å². The first-order chi connectivity index (χ1) is 13.0. The number of hydrogen-bond acceptors (Lipinski definition) is 5. The number of nitrogens with zero attached hydrogens (tertiary/aromatic N) is 1. The normalized spacial score (nSPS) is 15.6. The zero-order valence-corrected chi connectivity index (χ0v) is 20.7. The molecular weight excluding hydrogens is 399 g/mol. The summed E-state index contributed by atoms with van der Waals surface area (Å²) in [5.41, 5.74) is 2.87. The molecule has 0 aliphatic carbocycles. The van der Waals surface area contributed by atoms with Crippen LogP contribution in [0.1, 0.15) is 51.0 Å². The third-order valence-corrected chi connectivity index (χ3v) is 5.87. The summed E-state index contributed by atoms with van der Waals surface area (Å²) in [6.07, 6.45) is 7.12. The van der Waals surface area contributed by atoms with Gasteiger partial charge in [0.1, 0.15) is 10.1 Å². The van der Waals surface area contributed by atoms with Crippen LogP contribution in [0.15, 0.2) is 53.4 Å². The molecule has 0 aromatic heterocycles. The fourth-order valence-electron chi connectivity index (χ4n) is 3.61. The predicted octanol–water partition coefficient (Wildman–Crippen LogP) is 1.71. The van der Waals surface area contributed by atoms with Crippen LogP contribution in [0.25, 0.3) is 0 Å². The Labute approximate surface area is 211 Å². The van der Waals surface area contributed by atoms with Gasteiger partial charge in [-0.1, -0.05) is 62.9 Å². The summed E-state index contributed by atoms with van der Waals surface area (Å²) >= 11 is 0. The van der Waals surface area contributed by atoms with Crippen molar-refractivity contribution in [1.82, 2.24) is 0 Å². The van der Waals surface area contributed by atoms with Gasteiger partial charge in [0.25, 0.3) is 0 Å². The topological polar surface area (TPSA) is 72.5 Å². The van der Waals surface area contributed by atoms with E-state index in [1.165, 1.54) is 43.4 Å². The summed E-state index contributed by atoms with van der Waals surface area (Å²) in [6, 6.07) is 14.8. The molecule has 0 radical (unpaired) electrons. The van der Waals surface area contributed by atoms with Gasteiger partial charge in [0.2, 0.25) is 0 Å². The first kappa shape index (κ1) is 23.9. The van der Waals surface area contributed by atoms with E-state index < -0.39 is 10.1 Å². The van der Waals surface area contributed by atoms with Crippen molar-refractivity contribution >= 4 is 21.5 Å². The molecule has 7 heteroatoms. The van der Waals surface area contributed by atoms with Gasteiger partial charge in [0, 0.05) is 6.54 Å². The third-order valence-electron chi connectivity index (χ3n) is 5.04. The molecule has 1 unspecified atom stereocenters. The van der Waals surface area contributed by atoms with Gasteiger partial charge in [-0.05, 0) is 36.6 Å². The quantitative estimate of drug-likeness (QED) is 0.375. The standard InChI is InChI=1S/C21H28N2O3S.K/c1-2-3-4-5-9-12-21-22-19-15-18(27(24,25)26)13-14-20(19)23(21)16-17-10-7-6-8-11-17;/h6-8,10-11,13-15,21-22H,2-5,9,12,16H2,1H3,(H,24,25,26);/q;+1/p-1. The molecule has 146 valence electrons. The molecule has 3 rings (SSSR count). The number of anilines is 2. The fraction of sp³-hybridized carbons (Fsp3) is 0.429. The van der Waals surface area contributed by atoms with Crippen molar-refractivity contribution in [3.05, 3.63) is 54.1 Å². The summed E-state index contributed by atoms with van der Waals surface area (Å²) < 4.78 is 34.1. The van der Waals surface area contributed by atoms with Gasteiger partial charge < -0.3 is 14.8 Å². The zero-order chi connectivity index (χ0) is 19.3. The molecule has 0 saturated carbocycles. The maximum absolute atomic E-state index is 11.4. The second-order valence-corrected chi connectivity index (χ2v) is 8.49. The van der Waals surface area contributed by atoms with Crippen molar-refractivity contribution in [2.75, 3.05) is 10.2 Å². The first-order valence-electron chi connectivity index (χ1n) is 9.66. The molecule has 1 atom stereocenters. The van der Waals surface area contributed by atoms with E-state index >= 15 is 0 Å². The molecule has 2 aromatic rings. The average Bonchev–Trinajstić information content (AvgIpc) is 2.98. The summed E-state index contributed by atoms with van der Waals surface area (Å²) in [4.78, 5) is 2.09. The molecular formula is C21H27KN2O3S. The van der Waals surface area contributed by atoms with E-state index in [1.807, 2.05) is 18.2 Å². The summed E-state index contributed by atoms with van der Waals surface area (Å²) in [6.45, 7) is 2.95. The molecule has 1 heterocycles. The summed E-state index contributed by atoms with van der Waals surface area (Å²) in [7, 11) is -4.45. The average molecular weight is 427 g/mol. The molecule has 0 fully saturated rings. The smallest absolute Gasteiger partial charge is 0.744 e. The molecule has 1 aliphatic rings. The SMILES string of the molecule is CCCCCCCC1Nc2cc(S(=O)(=O)[O-])ccc2N1Cc1ccccc1.[K+]. The van der Waals surface area contributed by atoms with Gasteiger partial charge in [-0.3, -0.25) is 0 Å². The van der Waals surface area contributed by atoms with Crippen LogP contribution < -0.4 is 61.6 Å². The first-order valence-corrected chi connectivity index (χ1v) is 11.1. The maximum atomic E-state index is 11.4. The molecule has 0 spiro atoms. The van der Waals surface area contributed by atoms with Gasteiger partial charge in [0.05, 0.1) is 22.4 Å². The number of rotatable bonds is 9. The second-order valence-electron chi connectivity index (χ2n) is 7.11. The van der Waals surface area contributed by atoms with E-state index in [0.717, 1.165) is 30.8 Å². The molecule has 1 N–H and O–H groups in total. The van der Waals surface area contributed by atoms with Gasteiger partial charge in [-0.25, -0.2) is 8.42 Å². The Balaban J connectivity index is 0.00000280. The van der Waals surface area contributed by atoms with Crippen LogP contribution in [0.4, 0.5) is 11.4 Å². The van der Waals surface area contributed by atoms with Gasteiger partial charge in [0.15, 0.2) is 0 Å². The van der Waals surface area contributed by atoms with E-state index in [1.54, 1.807) is 6.07 Å². The van der Waals surface area contributed by atoms with E-state index in [4.69, 9.17) is 0 Å². The van der Waals surface area contributed by atoms with E-state index in [0.29, 0.717) is 0 Å². The molecule has 0 saturated heterocycles. The Kier molecular flexibility index (Phi) is 9.47. The van der Waals surface area contributed by atoms with Crippen molar-refractivity contribution in [2.45, 2.75) is 63.1 Å². The number of fused-ring (bicyclic) bond motifs is 1. The van der Waals surface area contributed by atoms with Crippen molar-refractivity contribution in [1.29, 1.82) is 0 Å². The van der Waals surface area contributed by atoms with Gasteiger partial charge in [-0.2, -0.15) is 0 Å². The Morgan fingerprint density at radius 1 is 1.04 bits per heavy atom. The Morgan fingerprint density at radius 3 is 2.43 bits per heavy atom. The number of benzene rings is 2. The molecule has 28 heavy (non-hydrogen) atoms. The minimum atomic E-state index is -4.45. The summed E-state index contributed by atoms with van der Waals surface area (Å²) in [5, 5.41) is 3.43. The molecule has 5 nitrogen and oxygen atoms in total. The molecule has 1 aliphatic heterocycles. The maximum Gasteiger partial charge on any atom is 1.00 e. The van der Waals surface area contributed by atoms with Crippen molar-refractivity contribution in [2.24, 2.45) is 0 Å². The fourth-order valence-corrected chi connectivity index (χ4v) is 4.10. The number of unbranched alkanes of at least 4 members (excludes halogenated alkanes) is 4. The van der Waals surface area contributed by atoms with Crippen LogP contribution in [-0.2, 0) is 16.7 Å². The monoisotopic (exact) mass is 426 g/mol. The van der Waals surface area contributed by atoms with Crippen LogP contribution in [0.2, 0.25) is 0 Å². The van der Waals surface area contributed by atoms with Gasteiger partial charge in [-0.15, -0.1) is 0 Å². The molecule has 2 aromatic carbocycles. The van der Waals surface area contributed by atoms with Crippen molar-refractivity contribution in [3.63, 3.8) is 0 Å². The Bertz CT molecular complexity index is 859. The molecule has 0 bridgehead atoms. The van der Waals surface area contributed by atoms with Crippen LogP contribution in [0.5, 0.6) is 0 Å². The third kappa shape index (κ3) is 6.29. The summed E-state index contributed by atoms with van der Waals surface area (Å²) in [5.74, 6) is 0. The van der Waals surface area contributed by atoms with Crippen LogP contribution >= 0.6 is 0 Å². The minimum Gasteiger partial charge on any atom is -0.744 e. The second kappa shape index (κ2) is 11.1. The van der Waals surface area contributed by atoms with Crippen molar-refractivity contribution < 1.29 is 64.4 Å². The largest absolute Gasteiger partial charge is 1.00 e. The van der Waals surface area contributed by atoms with E-state index in [-0.39, 0.29) is 62.4 Å². The van der Waals surface area contributed by atoms with E-state index in [9.17, 15) is 13.0 Å². The van der Waals surface area contributed by atoms with Crippen LogP contribution in [0, 0.1) is 0 Å². The minimum absolute atomic E-state index is 0. The van der Waals surface area contributed by atoms with E-state index in [2.05, 4.69) is 29.3 Å². The van der Waals surface area contributed by atoms with Gasteiger partial charge >= 0.3 is 51.4 Å². The van der Waals surface area contributed by atoms with Crippen LogP contribution in [-0.4, -0.2) is 19.1 Å². The molecule has 0 amide bonds. The zero-order valence-electron chi connectivity index (χ0n) is 16.7. The Hall–Kier alpha value is -0.414.